The van der Waals surface area contributed by atoms with Gasteiger partial charge in [0.25, 0.3) is 0 Å². The summed E-state index contributed by atoms with van der Waals surface area (Å²) in [7, 11) is 1.28. The van der Waals surface area contributed by atoms with Crippen molar-refractivity contribution in [2.24, 2.45) is 0 Å². The summed E-state index contributed by atoms with van der Waals surface area (Å²) in [6.07, 6.45) is 0.983. The minimum absolute atomic E-state index is 0.108. The molecule has 2 heterocycles. The molecule has 8 heteroatoms. The number of nitrogens with one attached hydrogen (secondary N) is 1. The number of halogens is 1. The Kier molecular flexibility index (Phi) is 3.34. The lowest BCUT2D eigenvalue weighted by molar-refractivity contribution is 0.0567. The molecule has 0 spiro atoms. The first-order valence-corrected chi connectivity index (χ1v) is 6.24. The minimum atomic E-state index is -0.682. The van der Waals surface area contributed by atoms with Crippen molar-refractivity contribution in [2.45, 2.75) is 0 Å². The number of methoxy groups -OCH3 is 1. The average Bonchev–Trinajstić information content (AvgIpc) is 2.93. The first kappa shape index (κ1) is 13.8. The van der Waals surface area contributed by atoms with Gasteiger partial charge in [0.1, 0.15) is 5.58 Å². The van der Waals surface area contributed by atoms with Gasteiger partial charge in [0, 0.05) is 11.1 Å². The zero-order valence-corrected chi connectivity index (χ0v) is 11.5. The Morgan fingerprint density at radius 3 is 2.95 bits per heavy atom. The summed E-state index contributed by atoms with van der Waals surface area (Å²) in [5.74, 6) is -1.21. The van der Waals surface area contributed by atoms with Crippen LogP contribution in [0.1, 0.15) is 10.6 Å². The Hall–Kier alpha value is -3.16. The predicted octanol–water partition coefficient (Wildman–Crippen LogP) is 2.47. The molecule has 0 bridgehead atoms. The summed E-state index contributed by atoms with van der Waals surface area (Å²) in [6, 6.07) is 6.67. The summed E-state index contributed by atoms with van der Waals surface area (Å²) in [6.45, 7) is 0. The Balaban J connectivity index is 1.91. The number of esters is 1. The Morgan fingerprint density at radius 2 is 2.23 bits per heavy atom. The van der Waals surface area contributed by atoms with E-state index in [1.54, 1.807) is 24.3 Å². The number of nitrogens with zero attached hydrogens (tertiary/aromatic N) is 2. The van der Waals surface area contributed by atoms with Gasteiger partial charge in [-0.2, -0.15) is 4.98 Å². The normalized spacial score (nSPS) is 10.6. The van der Waals surface area contributed by atoms with Gasteiger partial charge in [0.15, 0.2) is 11.6 Å². The van der Waals surface area contributed by atoms with Crippen molar-refractivity contribution in [2.75, 3.05) is 18.2 Å². The second-order valence-corrected chi connectivity index (χ2v) is 4.41. The molecule has 0 aliphatic rings. The molecule has 2 aromatic heterocycles. The van der Waals surface area contributed by atoms with Gasteiger partial charge in [-0.05, 0) is 24.3 Å². The third-order valence-corrected chi connectivity index (χ3v) is 2.93. The predicted molar refractivity (Wildman–Crippen MR) is 77.2 cm³/mol. The topological polar surface area (TPSA) is 103 Å². The first-order chi connectivity index (χ1) is 10.6. The van der Waals surface area contributed by atoms with Crippen molar-refractivity contribution in [3.8, 4) is 0 Å². The molecule has 3 aromatic rings. The fourth-order valence-electron chi connectivity index (χ4n) is 1.89. The van der Waals surface area contributed by atoms with E-state index >= 15 is 0 Å². The van der Waals surface area contributed by atoms with E-state index < -0.39 is 11.8 Å². The highest BCUT2D eigenvalue weighted by Gasteiger charge is 2.13. The van der Waals surface area contributed by atoms with Crippen LogP contribution in [0.3, 0.4) is 0 Å². The number of furan rings is 1. The third-order valence-electron chi connectivity index (χ3n) is 2.93. The maximum absolute atomic E-state index is 13.0. The molecule has 0 unspecified atom stereocenters. The lowest BCUT2D eigenvalue weighted by atomic mass is 10.2. The van der Waals surface area contributed by atoms with Crippen molar-refractivity contribution >= 4 is 34.4 Å². The van der Waals surface area contributed by atoms with E-state index in [1.165, 1.54) is 7.11 Å². The van der Waals surface area contributed by atoms with E-state index in [0.717, 1.165) is 6.20 Å². The molecule has 22 heavy (non-hydrogen) atoms. The molecule has 7 nitrogen and oxygen atoms in total. The zero-order valence-electron chi connectivity index (χ0n) is 11.5. The van der Waals surface area contributed by atoms with Crippen LogP contribution in [0.4, 0.5) is 21.8 Å². The highest BCUT2D eigenvalue weighted by molar-refractivity contribution is 5.93. The maximum Gasteiger partial charge on any atom is 0.373 e. The molecule has 0 saturated heterocycles. The van der Waals surface area contributed by atoms with Gasteiger partial charge in [-0.3, -0.25) is 0 Å². The second-order valence-electron chi connectivity index (χ2n) is 4.41. The number of carbonyl (C=O) groups excluding carboxylic acids is 1. The molecule has 0 amide bonds. The van der Waals surface area contributed by atoms with Crippen molar-refractivity contribution in [1.82, 2.24) is 9.97 Å². The Morgan fingerprint density at radius 1 is 1.41 bits per heavy atom. The molecule has 0 radical (unpaired) electrons. The van der Waals surface area contributed by atoms with Crippen LogP contribution >= 0.6 is 0 Å². The van der Waals surface area contributed by atoms with Crippen LogP contribution in [-0.2, 0) is 4.74 Å². The van der Waals surface area contributed by atoms with E-state index in [-0.39, 0.29) is 17.5 Å². The highest BCUT2D eigenvalue weighted by atomic mass is 19.1. The Bertz CT molecular complexity index is 862. The number of ether oxygens (including phenoxy) is 1. The molecule has 3 N–H and O–H groups in total. The van der Waals surface area contributed by atoms with Gasteiger partial charge in [-0.1, -0.05) is 0 Å². The van der Waals surface area contributed by atoms with Gasteiger partial charge < -0.3 is 20.2 Å². The largest absolute Gasteiger partial charge is 0.463 e. The third kappa shape index (κ3) is 2.53. The standard InChI is InChI=1S/C14H11FN4O3/c1-21-13(20)11-5-7-4-8(2-3-10(7)22-11)18-14-17-6-9(15)12(16)19-14/h2-6H,1H3,(H3,16,17,18,19). The molecule has 0 fully saturated rings. The van der Waals surface area contributed by atoms with Crippen molar-refractivity contribution in [3.05, 3.63) is 42.0 Å². The summed E-state index contributed by atoms with van der Waals surface area (Å²) >= 11 is 0. The number of aromatic nitrogens is 2. The Labute approximate surface area is 123 Å². The van der Waals surface area contributed by atoms with Crippen molar-refractivity contribution in [1.29, 1.82) is 0 Å². The van der Waals surface area contributed by atoms with Gasteiger partial charge in [0.2, 0.25) is 11.7 Å². The number of rotatable bonds is 3. The number of benzene rings is 1. The lowest BCUT2D eigenvalue weighted by Gasteiger charge is -2.05. The molecule has 0 saturated carbocycles. The second kappa shape index (κ2) is 5.32. The monoisotopic (exact) mass is 302 g/mol. The van der Waals surface area contributed by atoms with E-state index in [1.807, 2.05) is 0 Å². The number of anilines is 3. The van der Waals surface area contributed by atoms with Gasteiger partial charge in [-0.25, -0.2) is 14.2 Å². The molecule has 0 atom stereocenters. The molecule has 1 aromatic carbocycles. The maximum atomic E-state index is 13.0. The summed E-state index contributed by atoms with van der Waals surface area (Å²) < 4.78 is 23.0. The molecule has 0 aliphatic carbocycles. The van der Waals surface area contributed by atoms with Crippen LogP contribution in [0, 0.1) is 5.82 Å². The minimum Gasteiger partial charge on any atom is -0.463 e. The van der Waals surface area contributed by atoms with Crippen LogP contribution in [0.25, 0.3) is 11.0 Å². The van der Waals surface area contributed by atoms with Crippen LogP contribution in [0.2, 0.25) is 0 Å². The van der Waals surface area contributed by atoms with Crippen molar-refractivity contribution < 1.29 is 18.3 Å². The zero-order chi connectivity index (χ0) is 15.7. The molecule has 0 aliphatic heterocycles. The number of fused-ring (bicyclic) bond motifs is 1. The fraction of sp³-hybridized carbons (Fsp3) is 0.0714. The van der Waals surface area contributed by atoms with E-state index in [4.69, 9.17) is 10.2 Å². The molecule has 3 rings (SSSR count). The molecule has 112 valence electrons. The summed E-state index contributed by atoms with van der Waals surface area (Å²) in [5.41, 5.74) is 6.55. The van der Waals surface area contributed by atoms with Gasteiger partial charge >= 0.3 is 5.97 Å². The van der Waals surface area contributed by atoms with E-state index in [0.29, 0.717) is 16.7 Å². The van der Waals surface area contributed by atoms with Crippen LogP contribution in [-0.4, -0.2) is 23.0 Å². The average molecular weight is 302 g/mol. The number of carbonyl (C=O) groups is 1. The fourth-order valence-corrected chi connectivity index (χ4v) is 1.89. The number of nitrogen functional groups attached to an aromatic ring is 1. The summed E-state index contributed by atoms with van der Waals surface area (Å²) in [5, 5.41) is 3.58. The SMILES string of the molecule is COC(=O)c1cc2cc(Nc3ncc(F)c(N)n3)ccc2o1. The van der Waals surface area contributed by atoms with Crippen LogP contribution in [0.15, 0.2) is 34.9 Å². The number of nitrogens with two attached hydrogens (primary N) is 1. The van der Waals surface area contributed by atoms with Gasteiger partial charge in [-0.15, -0.1) is 0 Å². The quantitative estimate of drug-likeness (QED) is 0.716. The van der Waals surface area contributed by atoms with Crippen molar-refractivity contribution in [3.63, 3.8) is 0 Å². The summed E-state index contributed by atoms with van der Waals surface area (Å²) in [4.78, 5) is 19.0. The number of hydrogen-bond acceptors (Lipinski definition) is 7. The number of hydrogen-bond donors (Lipinski definition) is 2. The highest BCUT2D eigenvalue weighted by Crippen LogP contribution is 2.25. The van der Waals surface area contributed by atoms with E-state index in [9.17, 15) is 9.18 Å². The van der Waals surface area contributed by atoms with Crippen LogP contribution in [0.5, 0.6) is 0 Å². The molecular weight excluding hydrogens is 291 g/mol. The van der Waals surface area contributed by atoms with E-state index in [2.05, 4.69) is 20.0 Å². The smallest absolute Gasteiger partial charge is 0.373 e. The molecular formula is C14H11FN4O3. The van der Waals surface area contributed by atoms with Gasteiger partial charge in [0.05, 0.1) is 13.3 Å². The van der Waals surface area contributed by atoms with Crippen LogP contribution < -0.4 is 11.1 Å². The lowest BCUT2D eigenvalue weighted by Crippen LogP contribution is -2.02. The first-order valence-electron chi connectivity index (χ1n) is 6.24.